The first-order valence-electron chi connectivity index (χ1n) is 8.07. The Balaban J connectivity index is 1.95. The van der Waals surface area contributed by atoms with Crippen molar-refractivity contribution in [2.45, 2.75) is 39.2 Å². The van der Waals surface area contributed by atoms with E-state index in [0.29, 0.717) is 18.7 Å². The highest BCUT2D eigenvalue weighted by Crippen LogP contribution is 2.29. The molecule has 1 fully saturated rings. The van der Waals surface area contributed by atoms with Crippen LogP contribution in [0.4, 0.5) is 0 Å². The average molecular weight is 353 g/mol. The maximum absolute atomic E-state index is 12.6. The maximum Gasteiger partial charge on any atom is 0.326 e. The molecule has 0 saturated carbocycles. The number of likely N-dealkylation sites (tertiary alicyclic amines) is 1. The average Bonchev–Trinajstić information content (AvgIpc) is 3.18. The third kappa shape index (κ3) is 4.87. The van der Waals surface area contributed by atoms with Gasteiger partial charge in [0.25, 0.3) is 0 Å². The number of carbonyl (C=O) groups is 3. The SMILES string of the molecule is CC(=O)SCC(C)C(=O)N1CC(CCc2ccco2)C[C@H]1C(=O)O. The molecule has 3 atom stereocenters. The predicted octanol–water partition coefficient (Wildman–Crippen LogP) is 2.43. The number of carbonyl (C=O) groups excluding carboxylic acids is 2. The molecule has 6 nitrogen and oxygen atoms in total. The molecular formula is C17H23NO5S. The van der Waals surface area contributed by atoms with Crippen molar-refractivity contribution in [2.24, 2.45) is 11.8 Å². The lowest BCUT2D eigenvalue weighted by Crippen LogP contribution is -2.43. The summed E-state index contributed by atoms with van der Waals surface area (Å²) in [5.41, 5.74) is 0. The Labute approximate surface area is 145 Å². The lowest BCUT2D eigenvalue weighted by Gasteiger charge is -2.24. The fraction of sp³-hybridized carbons (Fsp3) is 0.588. The third-order valence-electron chi connectivity index (χ3n) is 4.29. The molecule has 2 heterocycles. The second kappa shape index (κ2) is 8.37. The number of hydrogen-bond donors (Lipinski definition) is 1. The van der Waals surface area contributed by atoms with Gasteiger partial charge in [0.1, 0.15) is 11.8 Å². The van der Waals surface area contributed by atoms with E-state index < -0.39 is 12.0 Å². The number of rotatable bonds is 7. The van der Waals surface area contributed by atoms with Crippen LogP contribution in [0.15, 0.2) is 22.8 Å². The van der Waals surface area contributed by atoms with E-state index in [4.69, 9.17) is 4.42 Å². The van der Waals surface area contributed by atoms with Gasteiger partial charge in [-0.1, -0.05) is 18.7 Å². The van der Waals surface area contributed by atoms with E-state index in [1.807, 2.05) is 12.1 Å². The molecule has 0 aliphatic carbocycles. The zero-order valence-electron chi connectivity index (χ0n) is 13.9. The van der Waals surface area contributed by atoms with Crippen LogP contribution in [0.3, 0.4) is 0 Å². The van der Waals surface area contributed by atoms with Crippen LogP contribution in [-0.4, -0.2) is 45.3 Å². The standard InChI is InChI=1S/C17H23NO5S/c1-11(10-24-12(2)19)16(20)18-9-13(8-15(18)17(21)22)5-6-14-4-3-7-23-14/h3-4,7,11,13,15H,5-6,8-10H2,1-2H3,(H,21,22)/t11?,13?,15-/m0/s1. The summed E-state index contributed by atoms with van der Waals surface area (Å²) in [6, 6.07) is 2.95. The van der Waals surface area contributed by atoms with Crippen molar-refractivity contribution in [2.75, 3.05) is 12.3 Å². The second-order valence-corrected chi connectivity index (χ2v) is 7.46. The van der Waals surface area contributed by atoms with Gasteiger partial charge in [0.2, 0.25) is 5.91 Å². The van der Waals surface area contributed by atoms with Crippen LogP contribution in [0.25, 0.3) is 0 Å². The van der Waals surface area contributed by atoms with E-state index in [9.17, 15) is 19.5 Å². The molecule has 0 radical (unpaired) electrons. The van der Waals surface area contributed by atoms with Crippen LogP contribution >= 0.6 is 11.8 Å². The summed E-state index contributed by atoms with van der Waals surface area (Å²) in [4.78, 5) is 36.6. The summed E-state index contributed by atoms with van der Waals surface area (Å²) in [6.45, 7) is 3.65. The fourth-order valence-corrected chi connectivity index (χ4v) is 3.63. The van der Waals surface area contributed by atoms with Gasteiger partial charge in [-0.25, -0.2) is 4.79 Å². The molecule has 24 heavy (non-hydrogen) atoms. The van der Waals surface area contributed by atoms with Gasteiger partial charge in [0, 0.05) is 31.6 Å². The molecule has 1 aliphatic rings. The lowest BCUT2D eigenvalue weighted by molar-refractivity contribution is -0.149. The number of furan rings is 1. The minimum absolute atomic E-state index is 0.0396. The number of hydrogen-bond acceptors (Lipinski definition) is 5. The van der Waals surface area contributed by atoms with Gasteiger partial charge in [-0.3, -0.25) is 9.59 Å². The smallest absolute Gasteiger partial charge is 0.326 e. The Morgan fingerprint density at radius 3 is 2.79 bits per heavy atom. The zero-order chi connectivity index (χ0) is 17.7. The molecule has 7 heteroatoms. The molecule has 1 aliphatic heterocycles. The number of carboxylic acids is 1. The monoisotopic (exact) mass is 353 g/mol. The van der Waals surface area contributed by atoms with E-state index in [-0.39, 0.29) is 22.9 Å². The van der Waals surface area contributed by atoms with Crippen molar-refractivity contribution in [3.05, 3.63) is 24.2 Å². The molecule has 0 spiro atoms. The second-order valence-electron chi connectivity index (χ2n) is 6.27. The number of thioether (sulfide) groups is 1. The van der Waals surface area contributed by atoms with Crippen LogP contribution in [0, 0.1) is 11.8 Å². The van der Waals surface area contributed by atoms with Crippen LogP contribution in [-0.2, 0) is 20.8 Å². The minimum atomic E-state index is -0.963. The number of aliphatic carboxylic acids is 1. The van der Waals surface area contributed by atoms with Crippen molar-refractivity contribution < 1.29 is 23.9 Å². The highest BCUT2D eigenvalue weighted by atomic mass is 32.2. The first kappa shape index (κ1) is 18.6. The van der Waals surface area contributed by atoms with Crippen molar-refractivity contribution in [3.8, 4) is 0 Å². The van der Waals surface area contributed by atoms with Crippen LogP contribution in [0.2, 0.25) is 0 Å². The van der Waals surface area contributed by atoms with E-state index in [0.717, 1.165) is 30.4 Å². The van der Waals surface area contributed by atoms with Gasteiger partial charge < -0.3 is 14.4 Å². The lowest BCUT2D eigenvalue weighted by atomic mass is 9.99. The summed E-state index contributed by atoms with van der Waals surface area (Å²) in [5, 5.41) is 9.39. The normalized spacial score (nSPS) is 21.7. The van der Waals surface area contributed by atoms with Gasteiger partial charge in [0.15, 0.2) is 5.12 Å². The van der Waals surface area contributed by atoms with Gasteiger partial charge >= 0.3 is 5.97 Å². The maximum atomic E-state index is 12.6. The first-order valence-corrected chi connectivity index (χ1v) is 9.06. The van der Waals surface area contributed by atoms with Gasteiger partial charge in [-0.05, 0) is 30.9 Å². The molecule has 1 saturated heterocycles. The molecule has 1 aromatic rings. The molecule has 1 amide bonds. The molecule has 2 unspecified atom stereocenters. The largest absolute Gasteiger partial charge is 0.480 e. The van der Waals surface area contributed by atoms with Crippen molar-refractivity contribution in [1.29, 1.82) is 0 Å². The molecule has 2 rings (SSSR count). The van der Waals surface area contributed by atoms with Crippen molar-refractivity contribution in [1.82, 2.24) is 4.90 Å². The molecule has 0 aromatic carbocycles. The minimum Gasteiger partial charge on any atom is -0.480 e. The van der Waals surface area contributed by atoms with Gasteiger partial charge in [0.05, 0.1) is 6.26 Å². The van der Waals surface area contributed by atoms with E-state index in [1.54, 1.807) is 13.2 Å². The zero-order valence-corrected chi connectivity index (χ0v) is 14.8. The van der Waals surface area contributed by atoms with Crippen molar-refractivity contribution in [3.63, 3.8) is 0 Å². The Bertz CT molecular complexity index is 586. The summed E-state index contributed by atoms with van der Waals surface area (Å²) < 4.78 is 5.30. The quantitative estimate of drug-likeness (QED) is 0.810. The highest BCUT2D eigenvalue weighted by molar-refractivity contribution is 8.13. The van der Waals surface area contributed by atoms with Gasteiger partial charge in [-0.15, -0.1) is 0 Å². The van der Waals surface area contributed by atoms with Crippen molar-refractivity contribution >= 4 is 28.8 Å². The Kier molecular flexibility index (Phi) is 6.48. The number of aryl methyl sites for hydroxylation is 1. The molecular weight excluding hydrogens is 330 g/mol. The van der Waals surface area contributed by atoms with Crippen LogP contribution in [0.1, 0.15) is 32.4 Å². The van der Waals surface area contributed by atoms with Crippen LogP contribution in [0.5, 0.6) is 0 Å². The summed E-state index contributed by atoms with van der Waals surface area (Å²) in [5.74, 6) is -0.115. The van der Waals surface area contributed by atoms with E-state index >= 15 is 0 Å². The molecule has 1 N–H and O–H groups in total. The first-order chi connectivity index (χ1) is 11.4. The Morgan fingerprint density at radius 1 is 1.46 bits per heavy atom. The molecule has 0 bridgehead atoms. The molecule has 132 valence electrons. The predicted molar refractivity (Wildman–Crippen MR) is 90.6 cm³/mol. The topological polar surface area (TPSA) is 87.8 Å². The number of nitrogens with zero attached hydrogens (tertiary/aromatic N) is 1. The van der Waals surface area contributed by atoms with Gasteiger partial charge in [-0.2, -0.15) is 0 Å². The van der Waals surface area contributed by atoms with E-state index in [2.05, 4.69) is 0 Å². The summed E-state index contributed by atoms with van der Waals surface area (Å²) >= 11 is 1.10. The van der Waals surface area contributed by atoms with E-state index in [1.165, 1.54) is 11.8 Å². The number of carboxylic acid groups (broad SMARTS) is 1. The van der Waals surface area contributed by atoms with Crippen LogP contribution < -0.4 is 0 Å². The Hall–Kier alpha value is -1.76. The highest BCUT2D eigenvalue weighted by Gasteiger charge is 2.40. The number of amides is 1. The summed E-state index contributed by atoms with van der Waals surface area (Å²) in [7, 11) is 0. The summed E-state index contributed by atoms with van der Waals surface area (Å²) in [6.07, 6.45) is 3.61. The Morgan fingerprint density at radius 2 is 2.21 bits per heavy atom. The third-order valence-corrected chi connectivity index (χ3v) is 5.37. The fourth-order valence-electron chi connectivity index (χ4n) is 3.01. The molecule has 1 aromatic heterocycles.